The van der Waals surface area contributed by atoms with Crippen molar-refractivity contribution in [3.8, 4) is 0 Å². The van der Waals surface area contributed by atoms with Crippen LogP contribution in [0.1, 0.15) is 37.6 Å². The van der Waals surface area contributed by atoms with E-state index in [1.54, 1.807) is 7.11 Å². The summed E-state index contributed by atoms with van der Waals surface area (Å²) >= 11 is 0. The van der Waals surface area contributed by atoms with Crippen LogP contribution in [0.4, 0.5) is 0 Å². The van der Waals surface area contributed by atoms with Gasteiger partial charge in [0.1, 0.15) is 5.82 Å². The Morgan fingerprint density at radius 1 is 1.40 bits per heavy atom. The number of nitrogens with zero attached hydrogens (tertiary/aromatic N) is 3. The molecule has 1 aliphatic heterocycles. The smallest absolute Gasteiger partial charge is 0.223 e. The van der Waals surface area contributed by atoms with Crippen LogP contribution in [0.25, 0.3) is 0 Å². The minimum Gasteiger partial charge on any atom is -0.383 e. The lowest BCUT2D eigenvalue weighted by Crippen LogP contribution is -2.29. The highest BCUT2D eigenvalue weighted by atomic mass is 16.5. The van der Waals surface area contributed by atoms with Gasteiger partial charge in [-0.2, -0.15) is 0 Å². The summed E-state index contributed by atoms with van der Waals surface area (Å²) in [6.45, 7) is 6.32. The molecule has 0 bridgehead atoms. The number of carbonyl (C=O) groups is 1. The van der Waals surface area contributed by atoms with Gasteiger partial charge in [-0.25, -0.2) is 9.97 Å². The van der Waals surface area contributed by atoms with Crippen molar-refractivity contribution in [3.63, 3.8) is 0 Å². The maximum absolute atomic E-state index is 11.9. The highest BCUT2D eigenvalue weighted by Gasteiger charge is 2.29. The fourth-order valence-corrected chi connectivity index (χ4v) is 2.43. The van der Waals surface area contributed by atoms with Gasteiger partial charge in [-0.05, 0) is 17.4 Å². The Balaban J connectivity index is 1.89. The molecule has 1 atom stereocenters. The molecule has 0 aliphatic carbocycles. The first-order valence-corrected chi connectivity index (χ1v) is 7.17. The Kier molecular flexibility index (Phi) is 5.06. The first-order chi connectivity index (χ1) is 9.60. The lowest BCUT2D eigenvalue weighted by Gasteiger charge is -2.15. The number of likely N-dealkylation sites (tertiary alicyclic amines) is 1. The molecule has 1 aromatic heterocycles. The summed E-state index contributed by atoms with van der Waals surface area (Å²) in [5.41, 5.74) is 1.15. The van der Waals surface area contributed by atoms with E-state index in [0.717, 1.165) is 24.4 Å². The Bertz CT molecular complexity index is 445. The fraction of sp³-hybridized carbons (Fsp3) is 0.667. The number of ether oxygens (including phenoxy) is 1. The third-order valence-electron chi connectivity index (χ3n) is 3.72. The maximum Gasteiger partial charge on any atom is 0.223 e. The number of hydrogen-bond acceptors (Lipinski definition) is 4. The first-order valence-electron chi connectivity index (χ1n) is 7.17. The molecule has 1 amide bonds. The zero-order valence-electron chi connectivity index (χ0n) is 12.5. The van der Waals surface area contributed by atoms with E-state index in [9.17, 15) is 4.79 Å². The van der Waals surface area contributed by atoms with Gasteiger partial charge >= 0.3 is 0 Å². The number of amides is 1. The lowest BCUT2D eigenvalue weighted by molar-refractivity contribution is -0.128. The Morgan fingerprint density at radius 2 is 2.10 bits per heavy atom. The van der Waals surface area contributed by atoms with Crippen LogP contribution < -0.4 is 0 Å². The van der Waals surface area contributed by atoms with Crippen LogP contribution >= 0.6 is 0 Å². The molecule has 1 fully saturated rings. The summed E-state index contributed by atoms with van der Waals surface area (Å²) in [6, 6.07) is 0. The third-order valence-corrected chi connectivity index (χ3v) is 3.72. The summed E-state index contributed by atoms with van der Waals surface area (Å²) in [5.74, 6) is 1.82. The molecule has 110 valence electrons. The SMILES string of the molecule is COCCN1CC(Cc2ncc(C(C)C)cn2)CC1=O. The molecule has 0 radical (unpaired) electrons. The van der Waals surface area contributed by atoms with Crippen molar-refractivity contribution < 1.29 is 9.53 Å². The summed E-state index contributed by atoms with van der Waals surface area (Å²) in [6.07, 6.45) is 5.16. The minimum absolute atomic E-state index is 0.214. The molecule has 5 heteroatoms. The van der Waals surface area contributed by atoms with Crippen molar-refractivity contribution in [1.82, 2.24) is 14.9 Å². The molecule has 0 aromatic carbocycles. The van der Waals surface area contributed by atoms with Gasteiger partial charge < -0.3 is 9.64 Å². The van der Waals surface area contributed by atoms with Crippen LogP contribution in [0.3, 0.4) is 0 Å². The molecule has 2 heterocycles. The average Bonchev–Trinajstić information content (AvgIpc) is 2.77. The van der Waals surface area contributed by atoms with E-state index in [0.29, 0.717) is 31.4 Å². The van der Waals surface area contributed by atoms with E-state index in [1.165, 1.54) is 0 Å². The molecule has 1 unspecified atom stereocenters. The Morgan fingerprint density at radius 3 is 2.70 bits per heavy atom. The topological polar surface area (TPSA) is 55.3 Å². The Labute approximate surface area is 120 Å². The molecule has 1 saturated heterocycles. The first kappa shape index (κ1) is 14.9. The monoisotopic (exact) mass is 277 g/mol. The lowest BCUT2D eigenvalue weighted by atomic mass is 10.0. The van der Waals surface area contributed by atoms with Gasteiger partial charge in [0.25, 0.3) is 0 Å². The molecule has 5 nitrogen and oxygen atoms in total. The van der Waals surface area contributed by atoms with Gasteiger partial charge in [0.15, 0.2) is 0 Å². The van der Waals surface area contributed by atoms with Crippen molar-refractivity contribution >= 4 is 5.91 Å². The van der Waals surface area contributed by atoms with E-state index < -0.39 is 0 Å². The molecule has 1 aromatic rings. The van der Waals surface area contributed by atoms with Crippen LogP contribution in [0.2, 0.25) is 0 Å². The normalized spacial score (nSPS) is 19.1. The number of aromatic nitrogens is 2. The standard InChI is InChI=1S/C15H23N3O2/c1-11(2)13-8-16-14(17-9-13)6-12-7-15(19)18(10-12)4-5-20-3/h8-9,11-12H,4-7,10H2,1-3H3. The number of rotatable bonds is 6. The Hall–Kier alpha value is -1.49. The van der Waals surface area contributed by atoms with E-state index in [4.69, 9.17) is 4.74 Å². The van der Waals surface area contributed by atoms with Gasteiger partial charge in [0, 0.05) is 45.4 Å². The zero-order chi connectivity index (χ0) is 14.5. The average molecular weight is 277 g/mol. The molecular weight excluding hydrogens is 254 g/mol. The molecular formula is C15H23N3O2. The highest BCUT2D eigenvalue weighted by molar-refractivity contribution is 5.78. The van der Waals surface area contributed by atoms with Gasteiger partial charge in [0.2, 0.25) is 5.91 Å². The molecule has 2 rings (SSSR count). The molecule has 0 spiro atoms. The van der Waals surface area contributed by atoms with Crippen LogP contribution in [-0.2, 0) is 16.0 Å². The van der Waals surface area contributed by atoms with Crippen molar-refractivity contribution in [1.29, 1.82) is 0 Å². The second kappa shape index (κ2) is 6.79. The van der Waals surface area contributed by atoms with Crippen LogP contribution in [0.15, 0.2) is 12.4 Å². The zero-order valence-corrected chi connectivity index (χ0v) is 12.5. The van der Waals surface area contributed by atoms with Gasteiger partial charge in [-0.3, -0.25) is 4.79 Å². The van der Waals surface area contributed by atoms with Gasteiger partial charge in [-0.15, -0.1) is 0 Å². The van der Waals surface area contributed by atoms with Crippen LogP contribution in [-0.4, -0.2) is 47.6 Å². The van der Waals surface area contributed by atoms with Crippen molar-refractivity contribution in [2.45, 2.75) is 32.6 Å². The molecule has 0 N–H and O–H groups in total. The molecule has 20 heavy (non-hydrogen) atoms. The van der Waals surface area contributed by atoms with Crippen molar-refractivity contribution in [3.05, 3.63) is 23.8 Å². The minimum atomic E-state index is 0.214. The number of hydrogen-bond donors (Lipinski definition) is 0. The number of carbonyl (C=O) groups excluding carboxylic acids is 1. The quantitative estimate of drug-likeness (QED) is 0.793. The summed E-state index contributed by atoms with van der Waals surface area (Å²) in [7, 11) is 1.65. The van der Waals surface area contributed by atoms with E-state index in [2.05, 4.69) is 23.8 Å². The van der Waals surface area contributed by atoms with Crippen molar-refractivity contribution in [2.24, 2.45) is 5.92 Å². The van der Waals surface area contributed by atoms with E-state index in [-0.39, 0.29) is 5.91 Å². The van der Waals surface area contributed by atoms with Gasteiger partial charge in [-0.1, -0.05) is 13.8 Å². The predicted molar refractivity (Wildman–Crippen MR) is 76.4 cm³/mol. The number of methoxy groups -OCH3 is 1. The van der Waals surface area contributed by atoms with Crippen LogP contribution in [0.5, 0.6) is 0 Å². The highest BCUT2D eigenvalue weighted by Crippen LogP contribution is 2.21. The predicted octanol–water partition coefficient (Wildman–Crippen LogP) is 1.64. The van der Waals surface area contributed by atoms with Crippen LogP contribution in [0, 0.1) is 5.92 Å². The molecule has 1 aliphatic rings. The van der Waals surface area contributed by atoms with E-state index >= 15 is 0 Å². The fourth-order valence-electron chi connectivity index (χ4n) is 2.43. The largest absolute Gasteiger partial charge is 0.383 e. The summed E-state index contributed by atoms with van der Waals surface area (Å²) in [4.78, 5) is 22.5. The summed E-state index contributed by atoms with van der Waals surface area (Å²) < 4.78 is 5.02. The molecule has 0 saturated carbocycles. The van der Waals surface area contributed by atoms with Gasteiger partial charge in [0.05, 0.1) is 6.61 Å². The second-order valence-electron chi connectivity index (χ2n) is 5.69. The van der Waals surface area contributed by atoms with E-state index in [1.807, 2.05) is 17.3 Å². The van der Waals surface area contributed by atoms with Crippen molar-refractivity contribution in [2.75, 3.05) is 26.8 Å². The second-order valence-corrected chi connectivity index (χ2v) is 5.69. The third kappa shape index (κ3) is 3.76. The summed E-state index contributed by atoms with van der Waals surface area (Å²) in [5, 5.41) is 0. The maximum atomic E-state index is 11.9.